The molecule has 3 aromatic rings. The third-order valence-corrected chi connectivity index (χ3v) is 10.7. The average Bonchev–Trinajstić information content (AvgIpc) is 3.57. The van der Waals surface area contributed by atoms with Crippen LogP contribution >= 0.6 is 11.3 Å². The van der Waals surface area contributed by atoms with Gasteiger partial charge in [-0.3, -0.25) is 0 Å². The summed E-state index contributed by atoms with van der Waals surface area (Å²) in [7, 11) is 0. The highest BCUT2D eigenvalue weighted by molar-refractivity contribution is 7.11. The first kappa shape index (κ1) is 20.9. The van der Waals surface area contributed by atoms with Crippen molar-refractivity contribution in [3.05, 3.63) is 60.0 Å². The van der Waals surface area contributed by atoms with Crippen molar-refractivity contribution in [2.75, 3.05) is 0 Å². The van der Waals surface area contributed by atoms with Crippen LogP contribution in [-0.4, -0.2) is 20.6 Å². The first-order valence-corrected chi connectivity index (χ1v) is 13.8. The molecule has 0 spiro atoms. The predicted molar refractivity (Wildman–Crippen MR) is 138 cm³/mol. The number of rotatable bonds is 3. The largest absolute Gasteiger partial charge is 0.479 e. The molecule has 0 radical (unpaired) electrons. The van der Waals surface area contributed by atoms with E-state index in [1.54, 1.807) is 16.9 Å². The molecular formula is C29H33N3OS. The summed E-state index contributed by atoms with van der Waals surface area (Å²) in [5, 5.41) is 0.966. The molecule has 0 saturated heterocycles. The molecule has 4 nitrogen and oxygen atoms in total. The lowest BCUT2D eigenvalue weighted by atomic mass is 9.48. The number of hydrogen-bond acceptors (Lipinski definition) is 4. The quantitative estimate of drug-likeness (QED) is 0.375. The Bertz CT molecular complexity index is 1290. The van der Waals surface area contributed by atoms with Crippen molar-refractivity contribution in [3.8, 4) is 5.06 Å². The van der Waals surface area contributed by atoms with Gasteiger partial charge in [0, 0.05) is 17.5 Å². The number of aromatic nitrogens is 3. The Labute approximate surface area is 205 Å². The smallest absolute Gasteiger partial charge is 0.194 e. The number of allylic oxidation sites excluding steroid dienone is 3. The zero-order chi connectivity index (χ0) is 22.9. The van der Waals surface area contributed by atoms with Crippen molar-refractivity contribution < 1.29 is 4.74 Å². The van der Waals surface area contributed by atoms with Gasteiger partial charge in [0.1, 0.15) is 12.4 Å². The van der Waals surface area contributed by atoms with Crippen LogP contribution in [0.5, 0.6) is 5.06 Å². The number of fused-ring (bicyclic) bond motifs is 6. The fourth-order valence-corrected chi connectivity index (χ4v) is 8.76. The number of ether oxygens (including phenoxy) is 1. The molecule has 4 aliphatic rings. The fraction of sp³-hybridized carbons (Fsp3) is 0.517. The first-order valence-electron chi connectivity index (χ1n) is 12.9. The third-order valence-electron chi connectivity index (χ3n) is 10.0. The van der Waals surface area contributed by atoms with Gasteiger partial charge in [-0.1, -0.05) is 55.0 Å². The molecule has 4 aliphatic carbocycles. The number of hydrogen-bond donors (Lipinski definition) is 0. The highest BCUT2D eigenvalue weighted by atomic mass is 32.1. The Morgan fingerprint density at radius 2 is 1.91 bits per heavy atom. The maximum atomic E-state index is 6.30. The van der Waals surface area contributed by atoms with Crippen LogP contribution < -0.4 is 4.74 Å². The van der Waals surface area contributed by atoms with Gasteiger partial charge in [-0.25, -0.2) is 9.97 Å². The predicted octanol–water partition coefficient (Wildman–Crippen LogP) is 7.35. The van der Waals surface area contributed by atoms with E-state index in [9.17, 15) is 0 Å². The van der Waals surface area contributed by atoms with Crippen molar-refractivity contribution in [1.29, 1.82) is 0 Å². The minimum Gasteiger partial charge on any atom is -0.479 e. The molecule has 2 heterocycles. The molecule has 0 aliphatic heterocycles. The molecule has 34 heavy (non-hydrogen) atoms. The minimum absolute atomic E-state index is 0.235. The highest BCUT2D eigenvalue weighted by Crippen LogP contribution is 2.65. The fourth-order valence-electron chi connectivity index (χ4n) is 8.22. The van der Waals surface area contributed by atoms with Gasteiger partial charge >= 0.3 is 0 Å². The van der Waals surface area contributed by atoms with E-state index in [0.29, 0.717) is 11.5 Å². The van der Waals surface area contributed by atoms with E-state index in [4.69, 9.17) is 9.72 Å². The average molecular weight is 472 g/mol. The van der Waals surface area contributed by atoms with Crippen molar-refractivity contribution >= 4 is 28.1 Å². The SMILES string of the molecule is C[C@]12CCC(Oc3cncs3)CC1=CC[C@@H]1[C@@H]2CC[C@]2(C)C(n3cnc4ccccc43)=CC[C@@H]12. The number of para-hydroxylation sites is 2. The maximum absolute atomic E-state index is 6.30. The molecule has 0 N–H and O–H groups in total. The van der Waals surface area contributed by atoms with Crippen molar-refractivity contribution in [1.82, 2.24) is 14.5 Å². The normalized spacial score (nSPS) is 36.9. The molecule has 6 atom stereocenters. The Morgan fingerprint density at radius 3 is 2.79 bits per heavy atom. The first-order chi connectivity index (χ1) is 16.6. The van der Waals surface area contributed by atoms with E-state index >= 15 is 0 Å². The van der Waals surface area contributed by atoms with Crippen molar-refractivity contribution in [3.63, 3.8) is 0 Å². The topological polar surface area (TPSA) is 39.9 Å². The number of benzene rings is 1. The Balaban J connectivity index is 1.16. The van der Waals surface area contributed by atoms with E-state index in [-0.39, 0.29) is 5.41 Å². The van der Waals surface area contributed by atoms with Gasteiger partial charge in [0.25, 0.3) is 0 Å². The summed E-state index contributed by atoms with van der Waals surface area (Å²) in [4.78, 5) is 8.89. The van der Waals surface area contributed by atoms with E-state index in [0.717, 1.165) is 41.2 Å². The zero-order valence-corrected chi connectivity index (χ0v) is 20.9. The van der Waals surface area contributed by atoms with Gasteiger partial charge in [0.05, 0.1) is 22.7 Å². The van der Waals surface area contributed by atoms with Crippen LogP contribution in [0.25, 0.3) is 16.7 Å². The molecule has 0 amide bonds. The molecule has 7 rings (SSSR count). The molecule has 2 aromatic heterocycles. The van der Waals surface area contributed by atoms with Gasteiger partial charge in [0.15, 0.2) is 5.06 Å². The van der Waals surface area contributed by atoms with Gasteiger partial charge in [0.2, 0.25) is 0 Å². The van der Waals surface area contributed by atoms with Crippen molar-refractivity contribution in [2.24, 2.45) is 28.6 Å². The van der Waals surface area contributed by atoms with E-state index in [2.05, 4.69) is 66.1 Å². The lowest BCUT2D eigenvalue weighted by molar-refractivity contribution is -0.0219. The van der Waals surface area contributed by atoms with E-state index < -0.39 is 0 Å². The van der Waals surface area contributed by atoms with Gasteiger partial charge in [-0.05, 0) is 73.8 Å². The monoisotopic (exact) mass is 471 g/mol. The molecule has 1 aromatic carbocycles. The lowest BCUT2D eigenvalue weighted by Gasteiger charge is -2.57. The summed E-state index contributed by atoms with van der Waals surface area (Å²) in [5.41, 5.74) is 7.94. The van der Waals surface area contributed by atoms with E-state index in [1.165, 1.54) is 43.3 Å². The molecule has 5 heteroatoms. The van der Waals surface area contributed by atoms with E-state index in [1.807, 2.05) is 11.7 Å². The molecule has 0 bridgehead atoms. The van der Waals surface area contributed by atoms with Crippen LogP contribution in [0.4, 0.5) is 0 Å². The van der Waals surface area contributed by atoms with Crippen LogP contribution in [0.3, 0.4) is 0 Å². The van der Waals surface area contributed by atoms with Crippen LogP contribution in [-0.2, 0) is 0 Å². The Kier molecular flexibility index (Phi) is 4.65. The molecule has 1 unspecified atom stereocenters. The molecular weight excluding hydrogens is 438 g/mol. The summed E-state index contributed by atoms with van der Waals surface area (Å²) in [6, 6.07) is 8.56. The lowest BCUT2D eigenvalue weighted by Crippen LogP contribution is -2.50. The molecule has 2 saturated carbocycles. The van der Waals surface area contributed by atoms with Crippen LogP contribution in [0.15, 0.2) is 60.0 Å². The summed E-state index contributed by atoms with van der Waals surface area (Å²) >= 11 is 1.61. The highest BCUT2D eigenvalue weighted by Gasteiger charge is 2.57. The molecule has 2 fully saturated rings. The number of nitrogens with zero attached hydrogens (tertiary/aromatic N) is 3. The number of imidazole rings is 1. The Hall–Kier alpha value is -2.40. The summed E-state index contributed by atoms with van der Waals surface area (Å²) in [5.74, 6) is 2.29. The van der Waals surface area contributed by atoms with Crippen LogP contribution in [0.1, 0.15) is 58.8 Å². The zero-order valence-electron chi connectivity index (χ0n) is 20.1. The summed E-state index contributed by atoms with van der Waals surface area (Å²) < 4.78 is 8.69. The summed E-state index contributed by atoms with van der Waals surface area (Å²) in [6.45, 7) is 5.12. The second kappa shape index (κ2) is 7.55. The minimum atomic E-state index is 0.235. The van der Waals surface area contributed by atoms with Crippen molar-refractivity contribution in [2.45, 2.75) is 64.9 Å². The second-order valence-electron chi connectivity index (χ2n) is 11.4. The third kappa shape index (κ3) is 2.95. The van der Waals surface area contributed by atoms with Gasteiger partial charge in [-0.2, -0.15) is 0 Å². The van der Waals surface area contributed by atoms with Gasteiger partial charge in [-0.15, -0.1) is 0 Å². The van der Waals surface area contributed by atoms with Crippen LogP contribution in [0, 0.1) is 28.6 Å². The number of thiazole rings is 1. The van der Waals surface area contributed by atoms with Crippen LogP contribution in [0.2, 0.25) is 0 Å². The second-order valence-corrected chi connectivity index (χ2v) is 12.3. The maximum Gasteiger partial charge on any atom is 0.194 e. The standard InChI is InChI=1S/C29H33N3OS/c1-28-13-11-20(33-27-16-30-18-34-27)15-19(28)7-8-21-22-9-10-26(29(22,2)14-12-23(21)28)32-17-31-24-5-3-4-6-25(24)32/h3-7,10,16-18,20-23H,8-9,11-15H2,1-2H3/t20?,21-,22-,23-,28-,29-/m0/s1. The Morgan fingerprint density at radius 1 is 1.03 bits per heavy atom. The van der Waals surface area contributed by atoms with Gasteiger partial charge < -0.3 is 9.30 Å². The molecule has 176 valence electrons. The summed E-state index contributed by atoms with van der Waals surface area (Å²) in [6.07, 6.45) is 17.9.